The summed E-state index contributed by atoms with van der Waals surface area (Å²) in [5, 5.41) is 17.4. The first-order chi connectivity index (χ1) is 11.5. The summed E-state index contributed by atoms with van der Waals surface area (Å²) in [4.78, 5) is 18.2. The van der Waals surface area contributed by atoms with Crippen molar-refractivity contribution in [3.8, 4) is 11.4 Å². The van der Waals surface area contributed by atoms with E-state index in [1.165, 1.54) is 17.0 Å². The molecule has 0 aliphatic rings. The minimum atomic E-state index is -0.420. The largest absolute Gasteiger partial charge is 0.280 e. The first-order valence-corrected chi connectivity index (χ1v) is 8.30. The van der Waals surface area contributed by atoms with Gasteiger partial charge in [-0.25, -0.2) is 9.67 Å². The van der Waals surface area contributed by atoms with Gasteiger partial charge in [0.15, 0.2) is 5.82 Å². The van der Waals surface area contributed by atoms with Crippen LogP contribution in [0.3, 0.4) is 0 Å². The third-order valence-electron chi connectivity index (χ3n) is 3.84. The molecule has 0 aliphatic heterocycles. The van der Waals surface area contributed by atoms with Gasteiger partial charge in [0.2, 0.25) is 0 Å². The summed E-state index contributed by atoms with van der Waals surface area (Å²) >= 11 is 1.73. The van der Waals surface area contributed by atoms with Crippen LogP contribution in [-0.2, 0) is 6.67 Å². The van der Waals surface area contributed by atoms with E-state index in [9.17, 15) is 10.1 Å². The number of non-ortho nitro benzene ring substituents is 1. The summed E-state index contributed by atoms with van der Waals surface area (Å²) in [6.45, 7) is 2.73. The zero-order chi connectivity index (χ0) is 17.1. The van der Waals surface area contributed by atoms with E-state index < -0.39 is 4.92 Å². The Morgan fingerprint density at radius 1 is 1.38 bits per heavy atom. The second-order valence-corrected chi connectivity index (χ2v) is 6.48. The van der Waals surface area contributed by atoms with E-state index in [4.69, 9.17) is 0 Å². The van der Waals surface area contributed by atoms with Gasteiger partial charge in [-0.3, -0.25) is 15.0 Å². The Labute approximate surface area is 143 Å². The molecule has 0 saturated carbocycles. The van der Waals surface area contributed by atoms with Crippen molar-refractivity contribution in [2.45, 2.75) is 19.6 Å². The molecule has 2 aromatic heterocycles. The van der Waals surface area contributed by atoms with Gasteiger partial charge in [-0.05, 0) is 25.4 Å². The van der Waals surface area contributed by atoms with Crippen LogP contribution in [0.5, 0.6) is 0 Å². The van der Waals surface area contributed by atoms with Crippen molar-refractivity contribution in [1.82, 2.24) is 19.7 Å². The Balaban J connectivity index is 1.74. The predicted octanol–water partition coefficient (Wildman–Crippen LogP) is 3.57. The molecule has 2 heterocycles. The maximum absolute atomic E-state index is 10.9. The second kappa shape index (κ2) is 6.90. The molecule has 0 spiro atoms. The lowest BCUT2D eigenvalue weighted by molar-refractivity contribution is -0.384. The summed E-state index contributed by atoms with van der Waals surface area (Å²) < 4.78 is 1.73. The Bertz CT molecular complexity index is 831. The van der Waals surface area contributed by atoms with Crippen molar-refractivity contribution in [3.05, 3.63) is 63.1 Å². The predicted molar refractivity (Wildman–Crippen MR) is 92.6 cm³/mol. The fourth-order valence-electron chi connectivity index (χ4n) is 2.35. The average molecular weight is 343 g/mol. The number of thiophene rings is 1. The van der Waals surface area contributed by atoms with Crippen LogP contribution in [0.15, 0.2) is 48.1 Å². The molecule has 0 N–H and O–H groups in total. The molecule has 3 rings (SSSR count). The van der Waals surface area contributed by atoms with Crippen LogP contribution in [0.25, 0.3) is 11.4 Å². The minimum Gasteiger partial charge on any atom is -0.280 e. The highest BCUT2D eigenvalue weighted by Crippen LogP contribution is 2.24. The second-order valence-electron chi connectivity index (χ2n) is 5.50. The van der Waals surface area contributed by atoms with Crippen LogP contribution in [0.4, 0.5) is 5.69 Å². The van der Waals surface area contributed by atoms with Gasteiger partial charge in [0.05, 0.1) is 11.6 Å². The van der Waals surface area contributed by atoms with E-state index in [0.29, 0.717) is 18.1 Å². The molecule has 24 heavy (non-hydrogen) atoms. The molecule has 0 radical (unpaired) electrons. The number of benzene rings is 1. The van der Waals surface area contributed by atoms with Crippen molar-refractivity contribution in [3.63, 3.8) is 0 Å². The molecule has 3 aromatic rings. The highest BCUT2D eigenvalue weighted by atomic mass is 32.1. The fraction of sp³-hybridized carbons (Fsp3) is 0.250. The van der Waals surface area contributed by atoms with E-state index in [2.05, 4.69) is 33.4 Å². The van der Waals surface area contributed by atoms with Crippen molar-refractivity contribution >= 4 is 17.0 Å². The number of rotatable bonds is 6. The van der Waals surface area contributed by atoms with E-state index in [1.54, 1.807) is 34.5 Å². The van der Waals surface area contributed by atoms with Crippen LogP contribution in [-0.4, -0.2) is 31.6 Å². The molecule has 8 heteroatoms. The van der Waals surface area contributed by atoms with E-state index in [-0.39, 0.29) is 11.7 Å². The SMILES string of the molecule is C[C@@H](c1cccs1)N(C)Cn1cnc(-c2cccc([N+](=O)[O-])c2)n1. The lowest BCUT2D eigenvalue weighted by Gasteiger charge is -2.23. The molecule has 1 atom stereocenters. The van der Waals surface area contributed by atoms with Gasteiger partial charge in [-0.15, -0.1) is 16.4 Å². The van der Waals surface area contributed by atoms with Gasteiger partial charge < -0.3 is 0 Å². The zero-order valence-corrected chi connectivity index (χ0v) is 14.2. The third-order valence-corrected chi connectivity index (χ3v) is 4.88. The number of hydrogen-bond acceptors (Lipinski definition) is 6. The molecule has 0 saturated heterocycles. The highest BCUT2D eigenvalue weighted by molar-refractivity contribution is 7.10. The van der Waals surface area contributed by atoms with Gasteiger partial charge in [-0.1, -0.05) is 18.2 Å². The maximum atomic E-state index is 10.9. The molecule has 0 amide bonds. The smallest absolute Gasteiger partial charge is 0.270 e. The number of hydrogen-bond donors (Lipinski definition) is 0. The summed E-state index contributed by atoms with van der Waals surface area (Å²) in [5.41, 5.74) is 0.671. The zero-order valence-electron chi connectivity index (χ0n) is 13.4. The van der Waals surface area contributed by atoms with Gasteiger partial charge in [0.25, 0.3) is 5.69 Å². The first kappa shape index (κ1) is 16.3. The maximum Gasteiger partial charge on any atom is 0.270 e. The van der Waals surface area contributed by atoms with Gasteiger partial charge >= 0.3 is 0 Å². The van der Waals surface area contributed by atoms with Crippen molar-refractivity contribution < 1.29 is 4.92 Å². The third kappa shape index (κ3) is 3.50. The van der Waals surface area contributed by atoms with E-state index in [1.807, 2.05) is 13.1 Å². The lowest BCUT2D eigenvalue weighted by Crippen LogP contribution is -2.25. The van der Waals surface area contributed by atoms with Crippen molar-refractivity contribution in [2.24, 2.45) is 0 Å². The Hall–Kier alpha value is -2.58. The molecule has 124 valence electrons. The monoisotopic (exact) mass is 343 g/mol. The molecular weight excluding hydrogens is 326 g/mol. The molecule has 7 nitrogen and oxygen atoms in total. The van der Waals surface area contributed by atoms with Gasteiger partial charge in [0.1, 0.15) is 6.33 Å². The number of nitro benzene ring substituents is 1. The highest BCUT2D eigenvalue weighted by Gasteiger charge is 2.15. The topological polar surface area (TPSA) is 77.1 Å². The van der Waals surface area contributed by atoms with E-state index in [0.717, 1.165) is 0 Å². The first-order valence-electron chi connectivity index (χ1n) is 7.42. The summed E-state index contributed by atoms with van der Waals surface area (Å²) in [5.74, 6) is 0.482. The van der Waals surface area contributed by atoms with Gasteiger partial charge in [-0.2, -0.15) is 0 Å². The number of nitro groups is 1. The van der Waals surface area contributed by atoms with Crippen molar-refractivity contribution in [2.75, 3.05) is 7.05 Å². The number of aromatic nitrogens is 3. The van der Waals surface area contributed by atoms with Crippen LogP contribution in [0.2, 0.25) is 0 Å². The molecule has 0 bridgehead atoms. The Kier molecular flexibility index (Phi) is 4.68. The number of nitrogens with zero attached hydrogens (tertiary/aromatic N) is 5. The van der Waals surface area contributed by atoms with Crippen LogP contribution in [0, 0.1) is 10.1 Å². The van der Waals surface area contributed by atoms with Crippen LogP contribution >= 0.6 is 11.3 Å². The molecule has 0 aliphatic carbocycles. The van der Waals surface area contributed by atoms with Crippen LogP contribution < -0.4 is 0 Å². The van der Waals surface area contributed by atoms with Crippen molar-refractivity contribution in [1.29, 1.82) is 0 Å². The fourth-order valence-corrected chi connectivity index (χ4v) is 3.20. The summed E-state index contributed by atoms with van der Waals surface area (Å²) in [7, 11) is 2.03. The quantitative estimate of drug-likeness (QED) is 0.505. The minimum absolute atomic E-state index is 0.0345. The normalized spacial score (nSPS) is 12.5. The average Bonchev–Trinajstić information content (AvgIpc) is 3.26. The molecule has 1 aromatic carbocycles. The Morgan fingerprint density at radius 3 is 2.92 bits per heavy atom. The van der Waals surface area contributed by atoms with E-state index >= 15 is 0 Å². The lowest BCUT2D eigenvalue weighted by atomic mass is 10.2. The molecule has 0 fully saturated rings. The molecular formula is C16H17N5O2S. The molecule has 0 unspecified atom stereocenters. The Morgan fingerprint density at radius 2 is 2.21 bits per heavy atom. The summed E-state index contributed by atoms with van der Waals surface area (Å²) in [6.07, 6.45) is 1.64. The standard InChI is InChI=1S/C16H17N5O2S/c1-12(15-7-4-8-24-15)19(2)11-20-10-17-16(18-20)13-5-3-6-14(9-13)21(22)23/h3-10,12H,11H2,1-2H3/t12-/m0/s1. The van der Waals surface area contributed by atoms with Crippen LogP contribution in [0.1, 0.15) is 17.8 Å². The van der Waals surface area contributed by atoms with Gasteiger partial charge in [0, 0.05) is 28.6 Å². The summed E-state index contributed by atoms with van der Waals surface area (Å²) in [6, 6.07) is 10.8.